The van der Waals surface area contributed by atoms with Crippen LogP contribution in [0, 0.1) is 0 Å². The average molecular weight is 703 g/mol. The Hall–Kier alpha value is -7.03. The SMILES string of the molecule is CCc1nc2ccccc2n1-c1ccc(-c2c3ccccc3c(-c3cc(-c4ccccc4)cc(-c4ccccc4)c3)c3cc(-c4ccccc4)ccc23)cc1. The van der Waals surface area contributed by atoms with Gasteiger partial charge >= 0.3 is 0 Å². The van der Waals surface area contributed by atoms with Gasteiger partial charge in [0.05, 0.1) is 11.0 Å². The quantitative estimate of drug-likeness (QED) is 0.151. The van der Waals surface area contributed by atoms with Gasteiger partial charge in [0.2, 0.25) is 0 Å². The van der Waals surface area contributed by atoms with E-state index in [1.807, 2.05) is 0 Å². The van der Waals surface area contributed by atoms with Crippen molar-refractivity contribution in [3.8, 4) is 61.3 Å². The molecule has 0 saturated heterocycles. The minimum atomic E-state index is 0.856. The standard InChI is InChI=1S/C53H38N2/c1-2-51-54-49-24-14-15-25-50(49)55(51)44-29-26-39(27-30-44)52-45-22-12-13-23-46(45)53(48-35-40(28-31-47(48)52)36-16-6-3-7-17-36)43-33-41(37-18-8-4-9-19-37)32-42(34-43)38-20-10-5-11-21-38/h3-35H,2H2,1H3. The molecule has 0 fully saturated rings. The minimum absolute atomic E-state index is 0.856. The van der Waals surface area contributed by atoms with E-state index in [9.17, 15) is 0 Å². The van der Waals surface area contributed by atoms with Crippen LogP contribution < -0.4 is 0 Å². The first kappa shape index (κ1) is 32.6. The Balaban J connectivity index is 1.25. The van der Waals surface area contributed by atoms with Crippen LogP contribution >= 0.6 is 0 Å². The average Bonchev–Trinajstić information content (AvgIpc) is 3.65. The summed E-state index contributed by atoms with van der Waals surface area (Å²) >= 11 is 0. The van der Waals surface area contributed by atoms with E-state index >= 15 is 0 Å². The molecule has 0 aliphatic carbocycles. The van der Waals surface area contributed by atoms with Gasteiger partial charge in [-0.2, -0.15) is 0 Å². The van der Waals surface area contributed by atoms with Gasteiger partial charge in [-0.15, -0.1) is 0 Å². The highest BCUT2D eigenvalue weighted by Crippen LogP contribution is 2.46. The van der Waals surface area contributed by atoms with E-state index in [0.717, 1.165) is 29.0 Å². The maximum Gasteiger partial charge on any atom is 0.114 e. The molecule has 2 nitrogen and oxygen atoms in total. The molecule has 10 aromatic rings. The summed E-state index contributed by atoms with van der Waals surface area (Å²) in [7, 11) is 0. The van der Waals surface area contributed by atoms with Crippen LogP contribution in [0.15, 0.2) is 200 Å². The molecular formula is C53H38N2. The Kier molecular flexibility index (Phi) is 8.15. The third-order valence-electron chi connectivity index (χ3n) is 10.9. The maximum absolute atomic E-state index is 4.96. The summed E-state index contributed by atoms with van der Waals surface area (Å²) in [6.45, 7) is 2.17. The lowest BCUT2D eigenvalue weighted by Crippen LogP contribution is -2.00. The number of fused-ring (bicyclic) bond motifs is 3. The molecular weight excluding hydrogens is 665 g/mol. The summed E-state index contributed by atoms with van der Waals surface area (Å²) in [5.74, 6) is 1.07. The second kappa shape index (κ2) is 13.7. The van der Waals surface area contributed by atoms with Crippen molar-refractivity contribution in [2.75, 3.05) is 0 Å². The molecule has 2 heteroatoms. The van der Waals surface area contributed by atoms with Crippen LogP contribution in [0.2, 0.25) is 0 Å². The molecule has 0 unspecified atom stereocenters. The molecule has 0 amide bonds. The Morgan fingerprint density at radius 2 is 0.836 bits per heavy atom. The van der Waals surface area contributed by atoms with Gasteiger partial charge in [0.15, 0.2) is 0 Å². The summed E-state index contributed by atoms with van der Waals surface area (Å²) in [4.78, 5) is 4.96. The first-order valence-corrected chi connectivity index (χ1v) is 19.1. The topological polar surface area (TPSA) is 17.8 Å². The molecule has 0 aliphatic rings. The zero-order valence-corrected chi connectivity index (χ0v) is 30.7. The van der Waals surface area contributed by atoms with E-state index in [-0.39, 0.29) is 0 Å². The van der Waals surface area contributed by atoms with Gasteiger partial charge in [-0.1, -0.05) is 159 Å². The molecule has 260 valence electrons. The van der Waals surface area contributed by atoms with Crippen molar-refractivity contribution in [1.82, 2.24) is 9.55 Å². The van der Waals surface area contributed by atoms with Gasteiger partial charge in [0, 0.05) is 12.1 Å². The highest BCUT2D eigenvalue weighted by atomic mass is 15.1. The number of imidazole rings is 1. The van der Waals surface area contributed by atoms with Gasteiger partial charge in [-0.05, 0) is 126 Å². The smallest absolute Gasteiger partial charge is 0.114 e. The molecule has 10 rings (SSSR count). The summed E-state index contributed by atoms with van der Waals surface area (Å²) in [6, 6.07) is 72.8. The normalized spacial score (nSPS) is 11.4. The van der Waals surface area contributed by atoms with Crippen molar-refractivity contribution in [1.29, 1.82) is 0 Å². The van der Waals surface area contributed by atoms with Gasteiger partial charge in [0.25, 0.3) is 0 Å². The van der Waals surface area contributed by atoms with Crippen molar-refractivity contribution >= 4 is 32.6 Å². The zero-order valence-electron chi connectivity index (χ0n) is 30.7. The van der Waals surface area contributed by atoms with Crippen LogP contribution in [0.3, 0.4) is 0 Å². The van der Waals surface area contributed by atoms with Crippen LogP contribution in [-0.2, 0) is 6.42 Å². The molecule has 0 N–H and O–H groups in total. The number of benzene rings is 9. The summed E-state index contributed by atoms with van der Waals surface area (Å²) < 4.78 is 2.30. The van der Waals surface area contributed by atoms with E-state index < -0.39 is 0 Å². The Morgan fingerprint density at radius 3 is 1.44 bits per heavy atom. The lowest BCUT2D eigenvalue weighted by Gasteiger charge is -2.20. The van der Waals surface area contributed by atoms with E-state index in [2.05, 4.69) is 212 Å². The first-order valence-electron chi connectivity index (χ1n) is 19.1. The molecule has 0 aliphatic heterocycles. The minimum Gasteiger partial charge on any atom is -0.296 e. The van der Waals surface area contributed by atoms with Gasteiger partial charge in [0.1, 0.15) is 5.82 Å². The van der Waals surface area contributed by atoms with Crippen molar-refractivity contribution < 1.29 is 0 Å². The third-order valence-corrected chi connectivity index (χ3v) is 10.9. The van der Waals surface area contributed by atoms with Gasteiger partial charge in [-0.3, -0.25) is 4.57 Å². The number of para-hydroxylation sites is 2. The predicted octanol–water partition coefficient (Wildman–Crippen LogP) is 14.2. The van der Waals surface area contributed by atoms with Gasteiger partial charge < -0.3 is 0 Å². The molecule has 1 heterocycles. The molecule has 0 bridgehead atoms. The molecule has 55 heavy (non-hydrogen) atoms. The fourth-order valence-corrected chi connectivity index (χ4v) is 8.36. The van der Waals surface area contributed by atoms with Crippen LogP contribution in [0.1, 0.15) is 12.7 Å². The highest BCUT2D eigenvalue weighted by Gasteiger charge is 2.20. The molecule has 0 radical (unpaired) electrons. The van der Waals surface area contributed by atoms with Crippen LogP contribution in [0.5, 0.6) is 0 Å². The Labute approximate surface area is 321 Å². The first-order chi connectivity index (χ1) is 27.2. The Bertz CT molecular complexity index is 2920. The molecule has 0 atom stereocenters. The summed E-state index contributed by atoms with van der Waals surface area (Å²) in [6.07, 6.45) is 0.856. The largest absolute Gasteiger partial charge is 0.296 e. The molecule has 9 aromatic carbocycles. The molecule has 0 saturated carbocycles. The number of rotatable bonds is 7. The predicted molar refractivity (Wildman–Crippen MR) is 233 cm³/mol. The lowest BCUT2D eigenvalue weighted by molar-refractivity contribution is 0.908. The second-order valence-electron chi connectivity index (χ2n) is 14.2. The van der Waals surface area contributed by atoms with E-state index in [0.29, 0.717) is 0 Å². The van der Waals surface area contributed by atoms with Crippen LogP contribution in [0.4, 0.5) is 0 Å². The molecule has 0 spiro atoms. The second-order valence-corrected chi connectivity index (χ2v) is 14.2. The Morgan fingerprint density at radius 1 is 0.364 bits per heavy atom. The number of hydrogen-bond acceptors (Lipinski definition) is 1. The lowest BCUT2D eigenvalue weighted by atomic mass is 9.83. The van der Waals surface area contributed by atoms with Crippen molar-refractivity contribution in [3.63, 3.8) is 0 Å². The summed E-state index contributed by atoms with van der Waals surface area (Å²) in [5.41, 5.74) is 15.4. The fraction of sp³-hybridized carbons (Fsp3) is 0.0377. The zero-order chi connectivity index (χ0) is 36.7. The fourth-order valence-electron chi connectivity index (χ4n) is 8.36. The summed E-state index contributed by atoms with van der Waals surface area (Å²) in [5, 5.41) is 4.93. The van der Waals surface area contributed by atoms with Gasteiger partial charge in [-0.25, -0.2) is 4.98 Å². The molecule has 1 aromatic heterocycles. The van der Waals surface area contributed by atoms with Crippen LogP contribution in [0.25, 0.3) is 93.9 Å². The van der Waals surface area contributed by atoms with Crippen molar-refractivity contribution in [3.05, 3.63) is 206 Å². The highest BCUT2D eigenvalue weighted by molar-refractivity contribution is 6.22. The maximum atomic E-state index is 4.96. The van der Waals surface area contributed by atoms with E-state index in [1.165, 1.54) is 77.2 Å². The number of aromatic nitrogens is 2. The van der Waals surface area contributed by atoms with E-state index in [1.54, 1.807) is 0 Å². The number of aryl methyl sites for hydroxylation is 1. The van der Waals surface area contributed by atoms with E-state index in [4.69, 9.17) is 4.98 Å². The van der Waals surface area contributed by atoms with Crippen molar-refractivity contribution in [2.45, 2.75) is 13.3 Å². The number of hydrogen-bond donors (Lipinski definition) is 0. The van der Waals surface area contributed by atoms with Crippen molar-refractivity contribution in [2.24, 2.45) is 0 Å². The van der Waals surface area contributed by atoms with Crippen LogP contribution in [-0.4, -0.2) is 9.55 Å². The monoisotopic (exact) mass is 702 g/mol. The third kappa shape index (κ3) is 5.80. The number of nitrogens with zero attached hydrogens (tertiary/aromatic N) is 2.